The van der Waals surface area contributed by atoms with Gasteiger partial charge in [-0.2, -0.15) is 0 Å². The molecule has 0 saturated carbocycles. The summed E-state index contributed by atoms with van der Waals surface area (Å²) in [5.41, 5.74) is 1.12. The number of ether oxygens (including phenoxy) is 1. The summed E-state index contributed by atoms with van der Waals surface area (Å²) in [7, 11) is 0. The number of aliphatic hydroxyl groups is 1. The second kappa shape index (κ2) is 3.86. The molecule has 0 saturated heterocycles. The highest BCUT2D eigenvalue weighted by Gasteiger charge is 2.32. The summed E-state index contributed by atoms with van der Waals surface area (Å²) in [6.45, 7) is 4.45. The normalized spacial score (nSPS) is 23.0. The maximum atomic E-state index is 9.07. The zero-order chi connectivity index (χ0) is 10.9. The van der Waals surface area contributed by atoms with E-state index in [9.17, 15) is 0 Å². The predicted molar refractivity (Wildman–Crippen MR) is 60.2 cm³/mol. The van der Waals surface area contributed by atoms with Crippen molar-refractivity contribution in [3.8, 4) is 5.75 Å². The first-order valence-electron chi connectivity index (χ1n) is 5.51. The molecule has 0 aliphatic carbocycles. The van der Waals surface area contributed by atoms with Crippen LogP contribution < -0.4 is 4.74 Å². The highest BCUT2D eigenvalue weighted by molar-refractivity contribution is 5.38. The Bertz CT molecular complexity index is 344. The second-order valence-electron chi connectivity index (χ2n) is 4.81. The molecular weight excluding hydrogens is 188 g/mol. The van der Waals surface area contributed by atoms with Crippen molar-refractivity contribution in [3.05, 3.63) is 29.8 Å². The van der Waals surface area contributed by atoms with Crippen molar-refractivity contribution >= 4 is 0 Å². The molecule has 1 aromatic carbocycles. The molecule has 1 heterocycles. The van der Waals surface area contributed by atoms with Gasteiger partial charge >= 0.3 is 0 Å². The van der Waals surface area contributed by atoms with Gasteiger partial charge in [-0.05, 0) is 44.2 Å². The molecule has 0 radical (unpaired) electrons. The van der Waals surface area contributed by atoms with E-state index in [2.05, 4.69) is 19.9 Å². The summed E-state index contributed by atoms with van der Waals surface area (Å²) in [6, 6.07) is 8.15. The Morgan fingerprint density at radius 1 is 1.40 bits per heavy atom. The summed E-state index contributed by atoms with van der Waals surface area (Å²) >= 11 is 0. The smallest absolute Gasteiger partial charge is 0.123 e. The van der Waals surface area contributed by atoms with E-state index in [1.54, 1.807) is 0 Å². The molecule has 1 aliphatic rings. The average molecular weight is 206 g/mol. The van der Waals surface area contributed by atoms with Gasteiger partial charge in [0.05, 0.1) is 0 Å². The van der Waals surface area contributed by atoms with Crippen molar-refractivity contribution < 1.29 is 9.84 Å². The molecule has 1 aliphatic heterocycles. The number of hydrogen-bond donors (Lipinski definition) is 1. The van der Waals surface area contributed by atoms with E-state index in [-0.39, 0.29) is 12.2 Å². The minimum atomic E-state index is -0.117. The van der Waals surface area contributed by atoms with Crippen molar-refractivity contribution in [2.45, 2.75) is 38.2 Å². The van der Waals surface area contributed by atoms with Gasteiger partial charge in [-0.3, -0.25) is 0 Å². The Kier molecular flexibility index (Phi) is 2.70. The standard InChI is InChI=1S/C13H18O2/c1-13(2)9-10(7-8-14)11-5-3-4-6-12(11)15-13/h3-6,10,14H,7-9H2,1-2H3. The zero-order valence-corrected chi connectivity index (χ0v) is 9.36. The van der Waals surface area contributed by atoms with E-state index in [1.165, 1.54) is 5.56 Å². The molecule has 0 fully saturated rings. The molecule has 1 aromatic rings. The van der Waals surface area contributed by atoms with Gasteiger partial charge in [0.15, 0.2) is 0 Å². The van der Waals surface area contributed by atoms with Gasteiger partial charge in [0.2, 0.25) is 0 Å². The van der Waals surface area contributed by atoms with Crippen LogP contribution in [0.1, 0.15) is 38.2 Å². The van der Waals surface area contributed by atoms with Crippen molar-refractivity contribution in [1.29, 1.82) is 0 Å². The minimum absolute atomic E-state index is 0.117. The largest absolute Gasteiger partial charge is 0.488 e. The lowest BCUT2D eigenvalue weighted by Gasteiger charge is -2.37. The Labute approximate surface area is 90.9 Å². The zero-order valence-electron chi connectivity index (χ0n) is 9.36. The molecule has 2 heteroatoms. The molecule has 0 amide bonds. The van der Waals surface area contributed by atoms with Crippen LogP contribution >= 0.6 is 0 Å². The predicted octanol–water partition coefficient (Wildman–Crippen LogP) is 2.71. The van der Waals surface area contributed by atoms with Crippen LogP contribution in [0.15, 0.2) is 24.3 Å². The van der Waals surface area contributed by atoms with Crippen LogP contribution in [-0.4, -0.2) is 17.3 Å². The van der Waals surface area contributed by atoms with Crippen LogP contribution in [0.2, 0.25) is 0 Å². The molecule has 1 unspecified atom stereocenters. The Balaban J connectivity index is 2.34. The molecule has 0 aromatic heterocycles. The first-order chi connectivity index (χ1) is 7.12. The fourth-order valence-corrected chi connectivity index (χ4v) is 2.37. The maximum Gasteiger partial charge on any atom is 0.123 e. The van der Waals surface area contributed by atoms with Gasteiger partial charge < -0.3 is 9.84 Å². The van der Waals surface area contributed by atoms with E-state index < -0.39 is 0 Å². The molecular formula is C13H18O2. The van der Waals surface area contributed by atoms with Crippen LogP contribution in [0.4, 0.5) is 0 Å². The summed E-state index contributed by atoms with van der Waals surface area (Å²) in [6.07, 6.45) is 1.80. The SMILES string of the molecule is CC1(C)CC(CCO)c2ccccc2O1. The van der Waals surface area contributed by atoms with Crippen LogP contribution in [0.25, 0.3) is 0 Å². The molecule has 0 bridgehead atoms. The topological polar surface area (TPSA) is 29.5 Å². The number of para-hydroxylation sites is 1. The van der Waals surface area contributed by atoms with Gasteiger partial charge in [-0.1, -0.05) is 18.2 Å². The molecule has 2 rings (SSSR count). The number of aliphatic hydroxyl groups excluding tert-OH is 1. The lowest BCUT2D eigenvalue weighted by molar-refractivity contribution is 0.0672. The van der Waals surface area contributed by atoms with E-state index in [0.29, 0.717) is 5.92 Å². The lowest BCUT2D eigenvalue weighted by Crippen LogP contribution is -2.35. The van der Waals surface area contributed by atoms with Crippen LogP contribution in [0.3, 0.4) is 0 Å². The van der Waals surface area contributed by atoms with Crippen LogP contribution in [0.5, 0.6) is 5.75 Å². The highest BCUT2D eigenvalue weighted by Crippen LogP contribution is 2.41. The van der Waals surface area contributed by atoms with Gasteiger partial charge in [-0.25, -0.2) is 0 Å². The Morgan fingerprint density at radius 3 is 2.87 bits per heavy atom. The maximum absolute atomic E-state index is 9.07. The number of hydrogen-bond acceptors (Lipinski definition) is 2. The van der Waals surface area contributed by atoms with Crippen LogP contribution in [-0.2, 0) is 0 Å². The fraction of sp³-hybridized carbons (Fsp3) is 0.538. The van der Waals surface area contributed by atoms with Crippen molar-refractivity contribution in [1.82, 2.24) is 0 Å². The number of benzene rings is 1. The molecule has 82 valence electrons. The summed E-state index contributed by atoms with van der Waals surface area (Å²) in [5.74, 6) is 1.40. The third kappa shape index (κ3) is 2.15. The number of fused-ring (bicyclic) bond motifs is 1. The van der Waals surface area contributed by atoms with Crippen molar-refractivity contribution in [2.75, 3.05) is 6.61 Å². The van der Waals surface area contributed by atoms with Gasteiger partial charge in [0, 0.05) is 6.61 Å². The monoisotopic (exact) mass is 206 g/mol. The Hall–Kier alpha value is -1.02. The van der Waals surface area contributed by atoms with Gasteiger partial charge in [-0.15, -0.1) is 0 Å². The van der Waals surface area contributed by atoms with E-state index in [0.717, 1.165) is 18.6 Å². The summed E-state index contributed by atoms with van der Waals surface area (Å²) in [4.78, 5) is 0. The van der Waals surface area contributed by atoms with E-state index >= 15 is 0 Å². The van der Waals surface area contributed by atoms with E-state index in [1.807, 2.05) is 18.2 Å². The van der Waals surface area contributed by atoms with Crippen molar-refractivity contribution in [2.24, 2.45) is 0 Å². The van der Waals surface area contributed by atoms with Gasteiger partial charge in [0.1, 0.15) is 11.4 Å². The fourth-order valence-electron chi connectivity index (χ4n) is 2.37. The molecule has 1 atom stereocenters. The summed E-state index contributed by atoms with van der Waals surface area (Å²) < 4.78 is 5.91. The Morgan fingerprint density at radius 2 is 2.13 bits per heavy atom. The van der Waals surface area contributed by atoms with Crippen LogP contribution in [0, 0.1) is 0 Å². The van der Waals surface area contributed by atoms with Gasteiger partial charge in [0.25, 0.3) is 0 Å². The third-order valence-electron chi connectivity index (χ3n) is 2.96. The molecule has 0 spiro atoms. The van der Waals surface area contributed by atoms with E-state index in [4.69, 9.17) is 9.84 Å². The lowest BCUT2D eigenvalue weighted by atomic mass is 9.83. The molecule has 15 heavy (non-hydrogen) atoms. The van der Waals surface area contributed by atoms with Crippen molar-refractivity contribution in [3.63, 3.8) is 0 Å². The average Bonchev–Trinajstić information content (AvgIpc) is 2.16. The third-order valence-corrected chi connectivity index (χ3v) is 2.96. The highest BCUT2D eigenvalue weighted by atomic mass is 16.5. The quantitative estimate of drug-likeness (QED) is 0.806. The molecule has 2 nitrogen and oxygen atoms in total. The second-order valence-corrected chi connectivity index (χ2v) is 4.81. The molecule has 1 N–H and O–H groups in total. The number of rotatable bonds is 2. The first kappa shape index (κ1) is 10.5. The summed E-state index contributed by atoms with van der Waals surface area (Å²) in [5, 5.41) is 9.07. The first-order valence-corrected chi connectivity index (χ1v) is 5.51. The minimum Gasteiger partial charge on any atom is -0.488 e.